The van der Waals surface area contributed by atoms with Crippen molar-refractivity contribution in [1.29, 1.82) is 0 Å². The Bertz CT molecular complexity index is 1760. The zero-order valence-electron chi connectivity index (χ0n) is 30.3. The number of anilines is 1. The van der Waals surface area contributed by atoms with E-state index in [4.69, 9.17) is 35.4 Å². The van der Waals surface area contributed by atoms with Gasteiger partial charge in [-0.3, -0.25) is 19.8 Å². The number of ether oxygens (including phenoxy) is 4. The number of halogens is 1. The van der Waals surface area contributed by atoms with E-state index in [0.717, 1.165) is 11.3 Å². The van der Waals surface area contributed by atoms with Crippen LogP contribution < -0.4 is 15.4 Å². The molecule has 4 rings (SSSR count). The Morgan fingerprint density at radius 1 is 1.02 bits per heavy atom. The van der Waals surface area contributed by atoms with E-state index >= 15 is 0 Å². The average Bonchev–Trinajstić information content (AvgIpc) is 3.51. The standard InChI is InChI=1S/C34H42ClN5O10S2/c1-32(2,3)48-29(44)34(7,8)50-39-22(21-17-52-30(36-21)38-31(45)49-33(4,5)6)25(41)37-23-26(42)40-24(19(14-35)16-51-27(23)40)28(43)47-15-18-10-12-20(46-9)13-11-18/h10-13,17,23,27H,14-16H2,1-9H3,(H,37,41)(H,36,38,45)/t23-,27-/m0/s1. The van der Waals surface area contributed by atoms with E-state index in [2.05, 4.69) is 20.8 Å². The Hall–Kier alpha value is -4.35. The molecule has 0 bridgehead atoms. The average molecular weight is 780 g/mol. The van der Waals surface area contributed by atoms with E-state index in [-0.39, 0.29) is 29.0 Å². The van der Waals surface area contributed by atoms with Crippen molar-refractivity contribution < 1.29 is 47.8 Å². The molecule has 1 saturated heterocycles. The molecule has 1 aromatic carbocycles. The number of rotatable bonds is 12. The summed E-state index contributed by atoms with van der Waals surface area (Å²) in [4.78, 5) is 77.1. The number of thiazole rings is 1. The normalized spacial score (nSPS) is 17.8. The lowest BCUT2D eigenvalue weighted by Gasteiger charge is -2.49. The van der Waals surface area contributed by atoms with Crippen molar-refractivity contribution in [3.05, 3.63) is 52.2 Å². The summed E-state index contributed by atoms with van der Waals surface area (Å²) >= 11 is 8.46. The maximum absolute atomic E-state index is 13.8. The fraction of sp³-hybridized carbons (Fsp3) is 0.500. The third kappa shape index (κ3) is 10.2. The second-order valence-electron chi connectivity index (χ2n) is 14.1. The molecule has 52 heavy (non-hydrogen) atoms. The number of alkyl halides is 1. The van der Waals surface area contributed by atoms with Gasteiger partial charge in [0.2, 0.25) is 5.60 Å². The number of hydrogen-bond acceptors (Lipinski definition) is 14. The topological polar surface area (TPSA) is 184 Å². The lowest BCUT2D eigenvalue weighted by Crippen LogP contribution is -2.71. The summed E-state index contributed by atoms with van der Waals surface area (Å²) in [6, 6.07) is 5.88. The number of aromatic nitrogens is 1. The molecule has 0 unspecified atom stereocenters. The molecule has 18 heteroatoms. The smallest absolute Gasteiger partial charge is 0.413 e. The van der Waals surface area contributed by atoms with Crippen molar-refractivity contribution in [3.8, 4) is 5.75 Å². The highest BCUT2D eigenvalue weighted by Gasteiger charge is 2.54. The van der Waals surface area contributed by atoms with Gasteiger partial charge < -0.3 is 29.1 Å². The van der Waals surface area contributed by atoms with E-state index in [0.29, 0.717) is 22.6 Å². The van der Waals surface area contributed by atoms with Crippen molar-refractivity contribution in [2.75, 3.05) is 24.1 Å². The summed E-state index contributed by atoms with van der Waals surface area (Å²) in [6.07, 6.45) is -0.768. The van der Waals surface area contributed by atoms with Crippen LogP contribution in [-0.4, -0.2) is 92.4 Å². The molecule has 3 amide bonds. The number of hydrogen-bond donors (Lipinski definition) is 2. The molecule has 2 aromatic rings. The van der Waals surface area contributed by atoms with Gasteiger partial charge in [-0.25, -0.2) is 19.4 Å². The zero-order valence-corrected chi connectivity index (χ0v) is 32.7. The van der Waals surface area contributed by atoms with E-state index in [1.165, 1.54) is 35.9 Å². The quantitative estimate of drug-likeness (QED) is 0.0737. The van der Waals surface area contributed by atoms with Crippen LogP contribution >= 0.6 is 34.7 Å². The van der Waals surface area contributed by atoms with Crippen LogP contribution in [0.15, 0.2) is 46.1 Å². The third-order valence-electron chi connectivity index (χ3n) is 7.04. The van der Waals surface area contributed by atoms with E-state index in [1.807, 2.05) is 0 Å². The number of benzene rings is 1. The first-order valence-corrected chi connectivity index (χ1v) is 18.5. The van der Waals surface area contributed by atoms with Crippen LogP contribution in [0.2, 0.25) is 0 Å². The summed E-state index contributed by atoms with van der Waals surface area (Å²) in [5, 5.41) is 10.0. The number of esters is 2. The monoisotopic (exact) mass is 779 g/mol. The second kappa shape index (κ2) is 16.1. The van der Waals surface area contributed by atoms with Crippen LogP contribution in [0.5, 0.6) is 5.75 Å². The van der Waals surface area contributed by atoms with Crippen LogP contribution in [0.25, 0.3) is 0 Å². The summed E-state index contributed by atoms with van der Waals surface area (Å²) < 4.78 is 21.4. The summed E-state index contributed by atoms with van der Waals surface area (Å²) in [5.41, 5.74) is -2.42. The Morgan fingerprint density at radius 2 is 1.67 bits per heavy atom. The van der Waals surface area contributed by atoms with Gasteiger partial charge in [0, 0.05) is 17.0 Å². The fourth-order valence-electron chi connectivity index (χ4n) is 4.56. The molecule has 2 aliphatic heterocycles. The van der Waals surface area contributed by atoms with Crippen molar-refractivity contribution in [2.24, 2.45) is 5.16 Å². The van der Waals surface area contributed by atoms with Crippen LogP contribution in [-0.2, 0) is 44.8 Å². The Labute approximate surface area is 314 Å². The van der Waals surface area contributed by atoms with E-state index in [1.54, 1.807) is 72.9 Å². The number of thioether (sulfide) groups is 1. The first-order chi connectivity index (χ1) is 24.2. The van der Waals surface area contributed by atoms with Gasteiger partial charge in [0.1, 0.15) is 46.4 Å². The molecule has 282 valence electrons. The number of methoxy groups -OCH3 is 1. The highest BCUT2D eigenvalue weighted by molar-refractivity contribution is 8.00. The molecule has 2 aliphatic rings. The van der Waals surface area contributed by atoms with Gasteiger partial charge in [-0.15, -0.1) is 34.7 Å². The summed E-state index contributed by atoms with van der Waals surface area (Å²) in [6.45, 7) is 13.0. The minimum absolute atomic E-state index is 0.0153. The van der Waals surface area contributed by atoms with Crippen LogP contribution in [0.4, 0.5) is 9.93 Å². The fourth-order valence-corrected chi connectivity index (χ4v) is 6.92. The predicted molar refractivity (Wildman–Crippen MR) is 195 cm³/mol. The SMILES string of the molecule is COc1ccc(COC(=O)C2=C(CCl)CS[C@H]3[C@@H](NC(=O)C(=NOC(C)(C)C(=O)OC(C)(C)C)c4csc(NC(=O)OC(C)(C)C)n4)C(=O)N23)cc1. The van der Waals surface area contributed by atoms with Crippen LogP contribution in [0.3, 0.4) is 0 Å². The summed E-state index contributed by atoms with van der Waals surface area (Å²) in [5.74, 6) is -2.00. The molecule has 0 aliphatic carbocycles. The number of oxime groups is 1. The number of fused-ring (bicyclic) bond motifs is 1. The van der Waals surface area contributed by atoms with Crippen molar-refractivity contribution >= 4 is 75.4 Å². The highest BCUT2D eigenvalue weighted by atomic mass is 35.5. The van der Waals surface area contributed by atoms with Gasteiger partial charge >= 0.3 is 18.0 Å². The van der Waals surface area contributed by atoms with Crippen LogP contribution in [0.1, 0.15) is 66.6 Å². The molecule has 2 atom stereocenters. The van der Waals surface area contributed by atoms with Gasteiger partial charge in [0.25, 0.3) is 11.8 Å². The van der Waals surface area contributed by atoms with Gasteiger partial charge in [-0.1, -0.05) is 17.3 Å². The van der Waals surface area contributed by atoms with Gasteiger partial charge in [0.05, 0.1) is 7.11 Å². The lowest BCUT2D eigenvalue weighted by molar-refractivity contribution is -0.179. The van der Waals surface area contributed by atoms with Gasteiger partial charge in [-0.2, -0.15) is 0 Å². The van der Waals surface area contributed by atoms with E-state index < -0.39 is 63.8 Å². The number of carbonyl (C=O) groups excluding carboxylic acids is 5. The number of amides is 3. The maximum atomic E-state index is 13.8. The number of β-lactam (4-membered cyclic amide) rings is 1. The molecule has 0 spiro atoms. The first kappa shape index (κ1) is 40.4. The molecule has 3 heterocycles. The van der Waals surface area contributed by atoms with Crippen molar-refractivity contribution in [1.82, 2.24) is 15.2 Å². The van der Waals surface area contributed by atoms with Crippen molar-refractivity contribution in [2.45, 2.75) is 90.2 Å². The Balaban J connectivity index is 1.54. The van der Waals surface area contributed by atoms with Crippen molar-refractivity contribution in [3.63, 3.8) is 0 Å². The molecule has 1 fully saturated rings. The number of nitrogens with one attached hydrogen (secondary N) is 2. The molecule has 2 N–H and O–H groups in total. The second-order valence-corrected chi connectivity index (χ2v) is 16.3. The minimum atomic E-state index is -1.64. The largest absolute Gasteiger partial charge is 0.497 e. The van der Waals surface area contributed by atoms with Gasteiger partial charge in [0.15, 0.2) is 10.8 Å². The molecular weight excluding hydrogens is 738 g/mol. The molecular formula is C34H42ClN5O10S2. The van der Waals surface area contributed by atoms with Crippen LogP contribution in [0, 0.1) is 0 Å². The molecule has 0 radical (unpaired) electrons. The zero-order chi connectivity index (χ0) is 38.6. The lowest BCUT2D eigenvalue weighted by atomic mass is 10.0. The summed E-state index contributed by atoms with van der Waals surface area (Å²) in [7, 11) is 1.54. The first-order valence-electron chi connectivity index (χ1n) is 16.0. The van der Waals surface area contributed by atoms with Gasteiger partial charge in [-0.05, 0) is 78.7 Å². The highest BCUT2D eigenvalue weighted by Crippen LogP contribution is 2.41. The number of nitrogens with zero attached hydrogens (tertiary/aromatic N) is 3. The molecule has 1 aromatic heterocycles. The third-order valence-corrected chi connectivity index (χ3v) is 9.46. The maximum Gasteiger partial charge on any atom is 0.413 e. The predicted octanol–water partition coefficient (Wildman–Crippen LogP) is 4.98. The molecule has 0 saturated carbocycles. The molecule has 15 nitrogen and oxygen atoms in total. The minimum Gasteiger partial charge on any atom is -0.497 e. The number of carbonyl (C=O) groups is 5. The Morgan fingerprint density at radius 3 is 2.27 bits per heavy atom. The van der Waals surface area contributed by atoms with E-state index in [9.17, 15) is 24.0 Å². The Kier molecular flexibility index (Phi) is 12.5.